The van der Waals surface area contributed by atoms with E-state index in [-0.39, 0.29) is 46.4 Å². The average molecular weight is 420 g/mol. The van der Waals surface area contributed by atoms with E-state index in [0.717, 1.165) is 12.1 Å². The van der Waals surface area contributed by atoms with Gasteiger partial charge in [0.15, 0.2) is 17.3 Å². The number of ketones is 1. The molecule has 2 aromatic rings. The van der Waals surface area contributed by atoms with Gasteiger partial charge in [0.05, 0.1) is 37.4 Å². The van der Waals surface area contributed by atoms with Crippen molar-refractivity contribution in [3.8, 4) is 11.5 Å². The lowest BCUT2D eigenvalue weighted by Gasteiger charge is -2.11. The van der Waals surface area contributed by atoms with E-state index in [4.69, 9.17) is 18.6 Å². The molecule has 0 spiro atoms. The Labute approximate surface area is 171 Å². The summed E-state index contributed by atoms with van der Waals surface area (Å²) in [7, 11) is 2.60. The fourth-order valence-electron chi connectivity index (χ4n) is 2.83. The van der Waals surface area contributed by atoms with Gasteiger partial charge in [0, 0.05) is 6.07 Å². The molecule has 0 aliphatic heterocycles. The van der Waals surface area contributed by atoms with Gasteiger partial charge in [-0.05, 0) is 20.8 Å². The number of Topliss-reactive ketones (excluding diaryl/α,β-unsaturated/α-hetero) is 1. The summed E-state index contributed by atoms with van der Waals surface area (Å²) in [5.74, 6) is -2.45. The van der Waals surface area contributed by atoms with Crippen molar-refractivity contribution in [1.29, 1.82) is 0 Å². The predicted molar refractivity (Wildman–Crippen MR) is 104 cm³/mol. The maximum Gasteiger partial charge on any atom is 0.344 e. The molecule has 0 atom stereocenters. The SMILES string of the molecule is CCOC(=O)c1c(NC(=O)c2cc(OC)c(OC)cc2[N+](=O)[O-])oc(C)c1C(C)=O. The minimum Gasteiger partial charge on any atom is -0.493 e. The quantitative estimate of drug-likeness (QED) is 0.294. The number of anilines is 1. The minimum absolute atomic E-state index is 0.0228. The molecule has 1 heterocycles. The van der Waals surface area contributed by atoms with Gasteiger partial charge in [0.2, 0.25) is 5.88 Å². The molecule has 1 aromatic carbocycles. The first kappa shape index (κ1) is 22.4. The zero-order chi connectivity index (χ0) is 22.6. The van der Waals surface area contributed by atoms with E-state index in [9.17, 15) is 24.5 Å². The van der Waals surface area contributed by atoms with Gasteiger partial charge in [-0.25, -0.2) is 4.79 Å². The molecule has 0 aliphatic rings. The molecule has 160 valence electrons. The molecular weight excluding hydrogens is 400 g/mol. The minimum atomic E-state index is -0.961. The number of methoxy groups -OCH3 is 2. The van der Waals surface area contributed by atoms with Gasteiger partial charge in [0.1, 0.15) is 16.9 Å². The van der Waals surface area contributed by atoms with Crippen molar-refractivity contribution in [2.24, 2.45) is 0 Å². The number of amides is 1. The Balaban J connectivity index is 2.58. The highest BCUT2D eigenvalue weighted by Gasteiger charge is 2.31. The van der Waals surface area contributed by atoms with Crippen LogP contribution in [0.4, 0.5) is 11.6 Å². The highest BCUT2D eigenvalue weighted by Crippen LogP contribution is 2.35. The van der Waals surface area contributed by atoms with E-state index in [1.165, 1.54) is 28.1 Å². The lowest BCUT2D eigenvalue weighted by Crippen LogP contribution is -2.17. The molecule has 0 unspecified atom stereocenters. The van der Waals surface area contributed by atoms with E-state index >= 15 is 0 Å². The van der Waals surface area contributed by atoms with Crippen LogP contribution < -0.4 is 14.8 Å². The molecule has 0 saturated carbocycles. The van der Waals surface area contributed by atoms with Crippen LogP contribution in [0.1, 0.15) is 50.7 Å². The third kappa shape index (κ3) is 4.24. The summed E-state index contributed by atoms with van der Waals surface area (Å²) in [5.41, 5.74) is -1.24. The standard InChI is InChI=1S/C19H20N2O9/c1-6-29-19(24)16-15(9(2)22)10(3)30-18(16)20-17(23)11-7-13(27-4)14(28-5)8-12(11)21(25)26/h7-8H,6H2,1-5H3,(H,20,23). The topological polar surface area (TPSA) is 147 Å². The molecule has 0 fully saturated rings. The van der Waals surface area contributed by atoms with Crippen LogP contribution in [-0.2, 0) is 4.74 Å². The van der Waals surface area contributed by atoms with Crippen LogP contribution in [0.5, 0.6) is 11.5 Å². The summed E-state index contributed by atoms with van der Waals surface area (Å²) in [6.07, 6.45) is 0. The largest absolute Gasteiger partial charge is 0.493 e. The molecule has 1 N–H and O–H groups in total. The Morgan fingerprint density at radius 2 is 1.73 bits per heavy atom. The zero-order valence-corrected chi connectivity index (χ0v) is 17.0. The monoisotopic (exact) mass is 420 g/mol. The molecule has 11 heteroatoms. The van der Waals surface area contributed by atoms with Gasteiger partial charge in [-0.2, -0.15) is 0 Å². The molecule has 1 amide bonds. The number of rotatable bonds is 8. The third-order valence-corrected chi connectivity index (χ3v) is 4.09. The van der Waals surface area contributed by atoms with Gasteiger partial charge in [-0.3, -0.25) is 25.0 Å². The number of esters is 1. The predicted octanol–water partition coefficient (Wildman–Crippen LogP) is 3.15. The summed E-state index contributed by atoms with van der Waals surface area (Å²) in [5, 5.41) is 13.7. The first-order valence-corrected chi connectivity index (χ1v) is 8.69. The second-order valence-electron chi connectivity index (χ2n) is 5.95. The average Bonchev–Trinajstić information content (AvgIpc) is 3.02. The Hall–Kier alpha value is -3.89. The number of nitro groups is 1. The highest BCUT2D eigenvalue weighted by molar-refractivity contribution is 6.13. The number of hydrogen-bond acceptors (Lipinski definition) is 9. The summed E-state index contributed by atoms with van der Waals surface area (Å²) < 4.78 is 20.4. The van der Waals surface area contributed by atoms with Gasteiger partial charge in [-0.15, -0.1) is 0 Å². The second kappa shape index (κ2) is 9.07. The summed E-state index contributed by atoms with van der Waals surface area (Å²) in [6, 6.07) is 2.16. The Kier molecular flexibility index (Phi) is 6.77. The lowest BCUT2D eigenvalue weighted by atomic mass is 10.1. The van der Waals surface area contributed by atoms with E-state index in [0.29, 0.717) is 0 Å². The van der Waals surface area contributed by atoms with Crippen molar-refractivity contribution >= 4 is 29.2 Å². The van der Waals surface area contributed by atoms with E-state index in [2.05, 4.69) is 5.32 Å². The van der Waals surface area contributed by atoms with Crippen molar-refractivity contribution in [3.63, 3.8) is 0 Å². The zero-order valence-electron chi connectivity index (χ0n) is 17.0. The van der Waals surface area contributed by atoms with Gasteiger partial charge >= 0.3 is 5.97 Å². The van der Waals surface area contributed by atoms with Crippen LogP contribution in [0.15, 0.2) is 16.5 Å². The number of carbonyl (C=O) groups is 3. The second-order valence-corrected chi connectivity index (χ2v) is 5.95. The molecule has 30 heavy (non-hydrogen) atoms. The maximum atomic E-state index is 12.8. The summed E-state index contributed by atoms with van der Waals surface area (Å²) >= 11 is 0. The number of carbonyl (C=O) groups excluding carboxylic acids is 3. The number of nitrogens with zero attached hydrogens (tertiary/aromatic N) is 1. The van der Waals surface area contributed by atoms with Gasteiger partial charge in [0.25, 0.3) is 11.6 Å². The number of aryl methyl sites for hydroxylation is 1. The van der Waals surface area contributed by atoms with Crippen molar-refractivity contribution < 1.29 is 37.9 Å². The van der Waals surface area contributed by atoms with Crippen molar-refractivity contribution in [1.82, 2.24) is 0 Å². The van der Waals surface area contributed by atoms with Crippen LogP contribution in [0.3, 0.4) is 0 Å². The first-order chi connectivity index (χ1) is 14.2. The Morgan fingerprint density at radius 3 is 2.23 bits per heavy atom. The maximum absolute atomic E-state index is 12.8. The van der Waals surface area contributed by atoms with Crippen molar-refractivity contribution in [2.75, 3.05) is 26.1 Å². The summed E-state index contributed by atoms with van der Waals surface area (Å²) in [4.78, 5) is 47.8. The molecule has 0 saturated heterocycles. The van der Waals surface area contributed by atoms with Crippen LogP contribution in [0.25, 0.3) is 0 Å². The van der Waals surface area contributed by atoms with Crippen molar-refractivity contribution in [2.45, 2.75) is 20.8 Å². The van der Waals surface area contributed by atoms with E-state index in [1.807, 2.05) is 0 Å². The van der Waals surface area contributed by atoms with Gasteiger partial charge < -0.3 is 18.6 Å². The highest BCUT2D eigenvalue weighted by atomic mass is 16.6. The fourth-order valence-corrected chi connectivity index (χ4v) is 2.83. The number of furan rings is 1. The molecule has 0 radical (unpaired) electrons. The lowest BCUT2D eigenvalue weighted by molar-refractivity contribution is -0.385. The van der Waals surface area contributed by atoms with Crippen LogP contribution in [0, 0.1) is 17.0 Å². The molecule has 11 nitrogen and oxygen atoms in total. The molecule has 2 rings (SSSR count). The number of hydrogen-bond donors (Lipinski definition) is 1. The van der Waals surface area contributed by atoms with Crippen molar-refractivity contribution in [3.05, 3.63) is 44.7 Å². The number of nitro benzene ring substituents is 1. The fraction of sp³-hybridized carbons (Fsp3) is 0.316. The molecule has 0 aliphatic carbocycles. The number of benzene rings is 1. The Morgan fingerprint density at radius 1 is 1.13 bits per heavy atom. The number of nitrogens with one attached hydrogen (secondary N) is 1. The smallest absolute Gasteiger partial charge is 0.344 e. The van der Waals surface area contributed by atoms with Gasteiger partial charge in [-0.1, -0.05) is 0 Å². The molecule has 1 aromatic heterocycles. The van der Waals surface area contributed by atoms with Crippen LogP contribution >= 0.6 is 0 Å². The summed E-state index contributed by atoms with van der Waals surface area (Å²) in [6.45, 7) is 4.26. The van der Waals surface area contributed by atoms with E-state index in [1.54, 1.807) is 6.92 Å². The molecule has 0 bridgehead atoms. The van der Waals surface area contributed by atoms with E-state index < -0.39 is 28.3 Å². The third-order valence-electron chi connectivity index (χ3n) is 4.09. The normalized spacial score (nSPS) is 10.3. The first-order valence-electron chi connectivity index (χ1n) is 8.69. The Bertz CT molecular complexity index is 1020. The number of ether oxygens (including phenoxy) is 3. The van der Waals surface area contributed by atoms with Crippen LogP contribution in [0.2, 0.25) is 0 Å². The van der Waals surface area contributed by atoms with Crippen LogP contribution in [-0.4, -0.2) is 43.4 Å². The molecular formula is C19H20N2O9.